The lowest BCUT2D eigenvalue weighted by Crippen LogP contribution is -2.22. The summed E-state index contributed by atoms with van der Waals surface area (Å²) < 4.78 is 0. The molecule has 1 aromatic carbocycles. The molecule has 1 fully saturated rings. The molecule has 1 aromatic rings. The number of benzene rings is 1. The molecule has 0 aromatic heterocycles. The molecule has 0 heterocycles. The Balaban J connectivity index is 2.18. The molecule has 0 radical (unpaired) electrons. The van der Waals surface area contributed by atoms with Crippen LogP contribution >= 0.6 is 0 Å². The third-order valence-electron chi connectivity index (χ3n) is 4.03. The third kappa shape index (κ3) is 2.30. The monoisotopic (exact) mass is 217 g/mol. The average Bonchev–Trinajstić information content (AvgIpc) is 2.95. The van der Waals surface area contributed by atoms with Gasteiger partial charge in [0.1, 0.15) is 0 Å². The summed E-state index contributed by atoms with van der Waals surface area (Å²) in [4.78, 5) is 0. The zero-order chi connectivity index (χ0) is 11.8. The van der Waals surface area contributed by atoms with E-state index in [1.165, 1.54) is 42.5 Å². The Morgan fingerprint density at radius 1 is 1.06 bits per heavy atom. The van der Waals surface area contributed by atoms with Gasteiger partial charge in [0.15, 0.2) is 0 Å². The molecule has 1 aliphatic rings. The second-order valence-electron chi connectivity index (χ2n) is 5.57. The van der Waals surface area contributed by atoms with Gasteiger partial charge in [0.2, 0.25) is 0 Å². The number of nitrogens with one attached hydrogen (secondary N) is 1. The van der Waals surface area contributed by atoms with Gasteiger partial charge in [-0.15, -0.1) is 0 Å². The second-order valence-corrected chi connectivity index (χ2v) is 5.57. The zero-order valence-corrected chi connectivity index (χ0v) is 11.0. The largest absolute Gasteiger partial charge is 0.319 e. The highest BCUT2D eigenvalue weighted by molar-refractivity contribution is 5.37. The van der Waals surface area contributed by atoms with Crippen molar-refractivity contribution in [2.24, 2.45) is 5.41 Å². The van der Waals surface area contributed by atoms with E-state index in [0.717, 1.165) is 0 Å². The van der Waals surface area contributed by atoms with Gasteiger partial charge >= 0.3 is 0 Å². The van der Waals surface area contributed by atoms with Crippen LogP contribution < -0.4 is 5.32 Å². The van der Waals surface area contributed by atoms with Crippen LogP contribution in [0.25, 0.3) is 0 Å². The zero-order valence-electron chi connectivity index (χ0n) is 11.0. The molecule has 0 spiro atoms. The summed E-state index contributed by atoms with van der Waals surface area (Å²) in [6.07, 6.45) is 4.03. The smallest absolute Gasteiger partial charge is 0.000800 e. The Hall–Kier alpha value is -0.820. The predicted molar refractivity (Wildman–Crippen MR) is 70.0 cm³/mol. The highest BCUT2D eigenvalue weighted by atomic mass is 14.8. The first kappa shape index (κ1) is 11.7. The van der Waals surface area contributed by atoms with E-state index in [2.05, 4.69) is 45.3 Å². The van der Waals surface area contributed by atoms with Crippen LogP contribution in [-0.2, 0) is 6.42 Å². The van der Waals surface area contributed by atoms with E-state index in [-0.39, 0.29) is 0 Å². The van der Waals surface area contributed by atoms with Gasteiger partial charge in [0.05, 0.1) is 0 Å². The van der Waals surface area contributed by atoms with Gasteiger partial charge in [0.25, 0.3) is 0 Å². The van der Waals surface area contributed by atoms with E-state index in [1.54, 1.807) is 5.56 Å². The molecular formula is C15H23N. The van der Waals surface area contributed by atoms with Gasteiger partial charge in [0, 0.05) is 6.54 Å². The van der Waals surface area contributed by atoms with Crippen LogP contribution in [0.1, 0.15) is 35.1 Å². The van der Waals surface area contributed by atoms with Crippen molar-refractivity contribution >= 4 is 0 Å². The lowest BCUT2D eigenvalue weighted by atomic mass is 9.91. The molecule has 1 saturated carbocycles. The van der Waals surface area contributed by atoms with Gasteiger partial charge in [-0.1, -0.05) is 12.1 Å². The standard InChI is InChI=1S/C15H23N/c1-11-7-13(3)14(8-12(11)2)9-15(5-6-15)10-16-4/h7-8,16H,5-6,9-10H2,1-4H3. The number of hydrogen-bond acceptors (Lipinski definition) is 1. The fraction of sp³-hybridized carbons (Fsp3) is 0.600. The normalized spacial score (nSPS) is 17.5. The van der Waals surface area contributed by atoms with E-state index < -0.39 is 0 Å². The molecule has 1 N–H and O–H groups in total. The minimum atomic E-state index is 0.571. The number of hydrogen-bond donors (Lipinski definition) is 1. The predicted octanol–water partition coefficient (Wildman–Crippen LogP) is 3.15. The van der Waals surface area contributed by atoms with E-state index >= 15 is 0 Å². The van der Waals surface area contributed by atoms with Crippen LogP contribution in [0.5, 0.6) is 0 Å². The maximum Gasteiger partial charge on any atom is 0.000800 e. The molecule has 16 heavy (non-hydrogen) atoms. The van der Waals surface area contributed by atoms with Crippen molar-refractivity contribution in [2.45, 2.75) is 40.0 Å². The molecule has 0 atom stereocenters. The lowest BCUT2D eigenvalue weighted by Gasteiger charge is -2.17. The first-order valence-electron chi connectivity index (χ1n) is 6.28. The average molecular weight is 217 g/mol. The Kier molecular flexibility index (Phi) is 3.07. The van der Waals surface area contributed by atoms with Crippen molar-refractivity contribution < 1.29 is 0 Å². The molecular weight excluding hydrogens is 194 g/mol. The summed E-state index contributed by atoms with van der Waals surface area (Å²) >= 11 is 0. The van der Waals surface area contributed by atoms with Crippen molar-refractivity contribution in [3.63, 3.8) is 0 Å². The minimum Gasteiger partial charge on any atom is -0.319 e. The molecule has 2 rings (SSSR count). The van der Waals surface area contributed by atoms with E-state index in [0.29, 0.717) is 5.41 Å². The molecule has 88 valence electrons. The molecule has 1 heteroatoms. The summed E-state index contributed by atoms with van der Waals surface area (Å²) in [6.45, 7) is 7.83. The van der Waals surface area contributed by atoms with Gasteiger partial charge in [-0.05, 0) is 74.8 Å². The van der Waals surface area contributed by atoms with Crippen molar-refractivity contribution in [1.82, 2.24) is 5.32 Å². The molecule has 1 aliphatic carbocycles. The molecule has 1 nitrogen and oxygen atoms in total. The van der Waals surface area contributed by atoms with Crippen molar-refractivity contribution in [1.29, 1.82) is 0 Å². The van der Waals surface area contributed by atoms with Crippen LogP contribution in [0.4, 0.5) is 0 Å². The molecule has 0 bridgehead atoms. The molecule has 0 aliphatic heterocycles. The lowest BCUT2D eigenvalue weighted by molar-refractivity contribution is 0.477. The first-order chi connectivity index (χ1) is 7.56. The Morgan fingerprint density at radius 2 is 1.69 bits per heavy atom. The van der Waals surface area contributed by atoms with Crippen LogP contribution in [0, 0.1) is 26.2 Å². The maximum atomic E-state index is 3.34. The Labute approximate surface area is 99.3 Å². The molecule has 0 saturated heterocycles. The maximum absolute atomic E-state index is 3.34. The summed E-state index contributed by atoms with van der Waals surface area (Å²) in [5, 5.41) is 3.34. The number of rotatable bonds is 4. The fourth-order valence-corrected chi connectivity index (χ4v) is 2.58. The van der Waals surface area contributed by atoms with E-state index in [4.69, 9.17) is 0 Å². The SMILES string of the molecule is CNCC1(Cc2cc(C)c(C)cc2C)CC1. The van der Waals surface area contributed by atoms with Gasteiger partial charge in [-0.2, -0.15) is 0 Å². The van der Waals surface area contributed by atoms with Gasteiger partial charge in [-0.3, -0.25) is 0 Å². The quantitative estimate of drug-likeness (QED) is 0.817. The topological polar surface area (TPSA) is 12.0 Å². The Morgan fingerprint density at radius 3 is 2.25 bits per heavy atom. The summed E-state index contributed by atoms with van der Waals surface area (Å²) in [5.74, 6) is 0. The minimum absolute atomic E-state index is 0.571. The van der Waals surface area contributed by atoms with Crippen LogP contribution in [-0.4, -0.2) is 13.6 Å². The molecule has 0 unspecified atom stereocenters. The Bertz CT molecular complexity index is 389. The fourth-order valence-electron chi connectivity index (χ4n) is 2.58. The van der Waals surface area contributed by atoms with Crippen molar-refractivity contribution in [3.05, 3.63) is 34.4 Å². The van der Waals surface area contributed by atoms with Crippen molar-refractivity contribution in [2.75, 3.05) is 13.6 Å². The molecule has 0 amide bonds. The summed E-state index contributed by atoms with van der Waals surface area (Å²) in [7, 11) is 2.06. The van der Waals surface area contributed by atoms with Crippen LogP contribution in [0.15, 0.2) is 12.1 Å². The summed E-state index contributed by atoms with van der Waals surface area (Å²) in [5.41, 5.74) is 6.43. The van der Waals surface area contributed by atoms with Crippen LogP contribution in [0.3, 0.4) is 0 Å². The van der Waals surface area contributed by atoms with Gasteiger partial charge < -0.3 is 5.32 Å². The second kappa shape index (κ2) is 4.21. The van der Waals surface area contributed by atoms with E-state index in [9.17, 15) is 0 Å². The third-order valence-corrected chi connectivity index (χ3v) is 4.03. The van der Waals surface area contributed by atoms with E-state index in [1.807, 2.05) is 0 Å². The highest BCUT2D eigenvalue weighted by Gasteiger charge is 2.41. The van der Waals surface area contributed by atoms with Crippen LogP contribution in [0.2, 0.25) is 0 Å². The first-order valence-corrected chi connectivity index (χ1v) is 6.28. The highest BCUT2D eigenvalue weighted by Crippen LogP contribution is 2.48. The van der Waals surface area contributed by atoms with Crippen molar-refractivity contribution in [3.8, 4) is 0 Å². The van der Waals surface area contributed by atoms with Gasteiger partial charge in [-0.25, -0.2) is 0 Å². The summed E-state index contributed by atoms with van der Waals surface area (Å²) in [6, 6.07) is 4.72. The number of aryl methyl sites for hydroxylation is 3.